The number of ether oxygens (including phenoxy) is 1. The molecule has 2 rings (SSSR count). The lowest BCUT2D eigenvalue weighted by atomic mass is 10.2. The van der Waals surface area contributed by atoms with Crippen molar-refractivity contribution in [3.05, 3.63) is 65.7 Å². The number of hydrogen-bond acceptors (Lipinski definition) is 2. The molecule has 0 amide bonds. The number of rotatable bonds is 6. The summed E-state index contributed by atoms with van der Waals surface area (Å²) in [4.78, 5) is 0. The van der Waals surface area contributed by atoms with Gasteiger partial charge in [0.1, 0.15) is 5.75 Å². The van der Waals surface area contributed by atoms with Crippen LogP contribution in [0.2, 0.25) is 0 Å². The summed E-state index contributed by atoms with van der Waals surface area (Å²) < 4.78 is 40.6. The minimum atomic E-state index is -2.85. The lowest BCUT2D eigenvalue weighted by Crippen LogP contribution is -2.03. The zero-order chi connectivity index (χ0) is 14.4. The van der Waals surface area contributed by atoms with Crippen molar-refractivity contribution in [3.63, 3.8) is 0 Å². The highest BCUT2D eigenvalue weighted by Gasteiger charge is 2.07. The molecule has 2 nitrogen and oxygen atoms in total. The molecule has 2 aromatic rings. The topological polar surface area (TPSA) is 26.3 Å². The van der Waals surface area contributed by atoms with Crippen molar-refractivity contribution < 1.29 is 17.7 Å². The number of benzene rings is 2. The van der Waals surface area contributed by atoms with E-state index in [9.17, 15) is 13.0 Å². The van der Waals surface area contributed by atoms with Gasteiger partial charge in [0, 0.05) is 22.3 Å². The maximum absolute atomic E-state index is 12.1. The maximum atomic E-state index is 12.1. The molecule has 0 aromatic heterocycles. The Morgan fingerprint density at radius 2 is 1.60 bits per heavy atom. The summed E-state index contributed by atoms with van der Waals surface area (Å²) in [6.07, 6.45) is 0. The van der Waals surface area contributed by atoms with Crippen molar-refractivity contribution >= 4 is 10.8 Å². The third kappa shape index (κ3) is 4.74. The molecule has 0 heterocycles. The van der Waals surface area contributed by atoms with E-state index < -0.39 is 17.4 Å². The van der Waals surface area contributed by atoms with Gasteiger partial charge in [-0.2, -0.15) is 8.78 Å². The SMILES string of the molecule is O=[S@](Cc1ccccc1)Cc1cccc(OC(F)F)c1. The summed E-state index contributed by atoms with van der Waals surface area (Å²) in [6.45, 7) is -2.85. The van der Waals surface area contributed by atoms with E-state index in [4.69, 9.17) is 0 Å². The number of alkyl halides is 2. The van der Waals surface area contributed by atoms with Crippen molar-refractivity contribution in [1.82, 2.24) is 0 Å². The first kappa shape index (κ1) is 14.7. The van der Waals surface area contributed by atoms with Crippen LogP contribution in [0.1, 0.15) is 11.1 Å². The predicted octanol–water partition coefficient (Wildman–Crippen LogP) is 3.74. The van der Waals surface area contributed by atoms with Gasteiger partial charge in [0.25, 0.3) is 0 Å². The molecular weight excluding hydrogens is 282 g/mol. The van der Waals surface area contributed by atoms with Crippen LogP contribution in [0.25, 0.3) is 0 Å². The normalized spacial score (nSPS) is 12.3. The first-order valence-corrected chi connectivity index (χ1v) is 7.55. The van der Waals surface area contributed by atoms with Gasteiger partial charge >= 0.3 is 6.61 Å². The first-order chi connectivity index (χ1) is 9.63. The Bertz CT molecular complexity index is 573. The largest absolute Gasteiger partial charge is 0.435 e. The summed E-state index contributed by atoms with van der Waals surface area (Å²) in [5, 5.41) is 0. The quantitative estimate of drug-likeness (QED) is 0.812. The van der Waals surface area contributed by atoms with E-state index in [-0.39, 0.29) is 5.75 Å². The Labute approximate surface area is 118 Å². The van der Waals surface area contributed by atoms with E-state index in [1.807, 2.05) is 30.3 Å². The molecule has 2 aromatic carbocycles. The van der Waals surface area contributed by atoms with Crippen LogP contribution in [0.5, 0.6) is 5.75 Å². The second-order valence-corrected chi connectivity index (χ2v) is 5.70. The van der Waals surface area contributed by atoms with E-state index >= 15 is 0 Å². The van der Waals surface area contributed by atoms with Gasteiger partial charge in [-0.25, -0.2) is 0 Å². The second-order valence-electron chi connectivity index (χ2n) is 4.24. The second kappa shape index (κ2) is 7.14. The van der Waals surface area contributed by atoms with Crippen LogP contribution in [0.4, 0.5) is 8.78 Å². The highest BCUT2D eigenvalue weighted by atomic mass is 32.2. The molecule has 0 spiro atoms. The lowest BCUT2D eigenvalue weighted by molar-refractivity contribution is -0.0498. The molecule has 20 heavy (non-hydrogen) atoms. The third-order valence-electron chi connectivity index (χ3n) is 2.62. The van der Waals surface area contributed by atoms with Gasteiger partial charge in [0.2, 0.25) is 0 Å². The Hall–Kier alpha value is -1.75. The smallest absolute Gasteiger partial charge is 0.387 e. The van der Waals surface area contributed by atoms with Gasteiger partial charge in [-0.1, -0.05) is 42.5 Å². The van der Waals surface area contributed by atoms with Gasteiger partial charge in [-0.15, -0.1) is 0 Å². The van der Waals surface area contributed by atoms with Crippen LogP contribution in [-0.4, -0.2) is 10.8 Å². The molecule has 0 aliphatic carbocycles. The molecule has 0 aliphatic rings. The lowest BCUT2D eigenvalue weighted by Gasteiger charge is -2.07. The highest BCUT2D eigenvalue weighted by Crippen LogP contribution is 2.17. The summed E-state index contributed by atoms with van der Waals surface area (Å²) in [7, 11) is -1.09. The van der Waals surface area contributed by atoms with Crippen molar-refractivity contribution in [2.45, 2.75) is 18.1 Å². The van der Waals surface area contributed by atoms with Gasteiger partial charge < -0.3 is 4.74 Å². The van der Waals surface area contributed by atoms with Crippen molar-refractivity contribution in [2.75, 3.05) is 0 Å². The van der Waals surface area contributed by atoms with Gasteiger partial charge in [0.05, 0.1) is 0 Å². The molecule has 0 fully saturated rings. The zero-order valence-corrected chi connectivity index (χ0v) is 11.5. The highest BCUT2D eigenvalue weighted by molar-refractivity contribution is 7.83. The Morgan fingerprint density at radius 3 is 2.30 bits per heavy atom. The fourth-order valence-corrected chi connectivity index (χ4v) is 3.03. The van der Waals surface area contributed by atoms with Crippen LogP contribution in [0.15, 0.2) is 54.6 Å². The molecular formula is C15H14F2O2S. The van der Waals surface area contributed by atoms with Crippen molar-refractivity contribution in [3.8, 4) is 5.75 Å². The Morgan fingerprint density at radius 1 is 0.950 bits per heavy atom. The predicted molar refractivity (Wildman–Crippen MR) is 75.1 cm³/mol. The summed E-state index contributed by atoms with van der Waals surface area (Å²) >= 11 is 0. The van der Waals surface area contributed by atoms with Crippen LogP contribution >= 0.6 is 0 Å². The van der Waals surface area contributed by atoms with Crippen LogP contribution < -0.4 is 4.74 Å². The van der Waals surface area contributed by atoms with E-state index in [1.165, 1.54) is 12.1 Å². The summed E-state index contributed by atoms with van der Waals surface area (Å²) in [5.74, 6) is 0.852. The number of halogens is 2. The monoisotopic (exact) mass is 296 g/mol. The van der Waals surface area contributed by atoms with Gasteiger partial charge in [-0.05, 0) is 23.3 Å². The Balaban J connectivity index is 1.97. The average molecular weight is 296 g/mol. The van der Waals surface area contributed by atoms with Crippen LogP contribution in [0.3, 0.4) is 0 Å². The molecule has 1 atom stereocenters. The van der Waals surface area contributed by atoms with Gasteiger partial charge in [-0.3, -0.25) is 4.21 Å². The summed E-state index contributed by atoms with van der Waals surface area (Å²) in [5.41, 5.74) is 1.71. The van der Waals surface area contributed by atoms with Crippen molar-refractivity contribution in [1.29, 1.82) is 0 Å². The maximum Gasteiger partial charge on any atom is 0.387 e. The number of hydrogen-bond donors (Lipinski definition) is 0. The van der Waals surface area contributed by atoms with Crippen molar-refractivity contribution in [2.24, 2.45) is 0 Å². The molecule has 0 N–H and O–H groups in total. The van der Waals surface area contributed by atoms with Crippen LogP contribution in [-0.2, 0) is 22.3 Å². The molecule has 5 heteroatoms. The molecule has 0 bridgehead atoms. The minimum Gasteiger partial charge on any atom is -0.435 e. The van der Waals surface area contributed by atoms with E-state index in [2.05, 4.69) is 4.74 Å². The molecule has 0 saturated carbocycles. The third-order valence-corrected chi connectivity index (χ3v) is 3.93. The van der Waals surface area contributed by atoms with Gasteiger partial charge in [0.15, 0.2) is 0 Å². The van der Waals surface area contributed by atoms with E-state index in [0.717, 1.165) is 11.1 Å². The molecule has 0 unspecified atom stereocenters. The van der Waals surface area contributed by atoms with E-state index in [0.29, 0.717) is 11.5 Å². The Kier molecular flexibility index (Phi) is 5.24. The fourth-order valence-electron chi connectivity index (χ4n) is 1.81. The fraction of sp³-hybridized carbons (Fsp3) is 0.200. The molecule has 0 aliphatic heterocycles. The molecule has 106 valence electrons. The summed E-state index contributed by atoms with van der Waals surface area (Å²) in [6, 6.07) is 15.8. The molecule has 0 saturated heterocycles. The van der Waals surface area contributed by atoms with Crippen LogP contribution in [0, 0.1) is 0 Å². The zero-order valence-electron chi connectivity index (χ0n) is 10.7. The van der Waals surface area contributed by atoms with E-state index in [1.54, 1.807) is 12.1 Å². The first-order valence-electron chi connectivity index (χ1n) is 6.06. The standard InChI is InChI=1S/C15H14F2O2S/c16-15(17)19-14-8-4-7-13(9-14)11-20(18)10-12-5-2-1-3-6-12/h1-9,15H,10-11H2/t20-/m1/s1. The average Bonchev–Trinajstić information content (AvgIpc) is 2.39. The molecule has 0 radical (unpaired) electrons. The minimum absolute atomic E-state index is 0.0919.